The van der Waals surface area contributed by atoms with Crippen LogP contribution in [0, 0.1) is 0 Å². The van der Waals surface area contributed by atoms with E-state index in [1.807, 2.05) is 48.5 Å². The molecule has 0 saturated heterocycles. The van der Waals surface area contributed by atoms with Gasteiger partial charge in [0.2, 0.25) is 0 Å². The van der Waals surface area contributed by atoms with Crippen molar-refractivity contribution in [1.82, 2.24) is 5.32 Å². The molecule has 3 heteroatoms. The third-order valence-corrected chi connectivity index (χ3v) is 4.35. The van der Waals surface area contributed by atoms with Gasteiger partial charge in [0, 0.05) is 0 Å². The van der Waals surface area contributed by atoms with Crippen molar-refractivity contribution in [2.75, 3.05) is 0 Å². The van der Waals surface area contributed by atoms with Crippen LogP contribution in [0.25, 0.3) is 0 Å². The molecule has 1 aliphatic rings. The Labute approximate surface area is 137 Å². The van der Waals surface area contributed by atoms with Crippen molar-refractivity contribution in [3.05, 3.63) is 71.8 Å². The summed E-state index contributed by atoms with van der Waals surface area (Å²) in [6, 6.07) is 20.2. The van der Waals surface area contributed by atoms with E-state index in [0.29, 0.717) is 0 Å². The van der Waals surface area contributed by atoms with Gasteiger partial charge in [-0.1, -0.05) is 60.7 Å². The average Bonchev–Trinajstić information content (AvgIpc) is 3.09. The first kappa shape index (κ1) is 15.6. The lowest BCUT2D eigenvalue weighted by molar-refractivity contribution is 0.0977. The minimum atomic E-state index is -0.304. The lowest BCUT2D eigenvalue weighted by atomic mass is 9.99. The van der Waals surface area contributed by atoms with Crippen LogP contribution in [0.4, 0.5) is 4.79 Å². The Morgan fingerprint density at radius 1 is 1.00 bits per heavy atom. The molecule has 2 aromatic carbocycles. The highest BCUT2D eigenvalue weighted by molar-refractivity contribution is 5.68. The molecular formula is C20H23NO2. The molecule has 0 heterocycles. The summed E-state index contributed by atoms with van der Waals surface area (Å²) in [4.78, 5) is 12.2. The Balaban J connectivity index is 1.68. The molecule has 23 heavy (non-hydrogen) atoms. The standard InChI is InChI=1S/C20H23NO2/c22-20(23-18-13-7-8-14-18)21-19(17-11-5-2-6-12-17)15-16-9-3-1-4-10-16/h1-6,9-12,18-19H,7-8,13-15H2,(H,21,22). The molecule has 1 aliphatic carbocycles. The van der Waals surface area contributed by atoms with Gasteiger partial charge in [0.25, 0.3) is 0 Å². The number of amides is 1. The largest absolute Gasteiger partial charge is 0.446 e. The zero-order valence-corrected chi connectivity index (χ0v) is 13.3. The van der Waals surface area contributed by atoms with Crippen LogP contribution in [0.5, 0.6) is 0 Å². The maximum Gasteiger partial charge on any atom is 0.407 e. The molecule has 1 unspecified atom stereocenters. The van der Waals surface area contributed by atoms with E-state index in [4.69, 9.17) is 4.74 Å². The summed E-state index contributed by atoms with van der Waals surface area (Å²) in [7, 11) is 0. The molecule has 3 nitrogen and oxygen atoms in total. The van der Waals surface area contributed by atoms with E-state index in [1.165, 1.54) is 5.56 Å². The second-order valence-electron chi connectivity index (χ2n) is 6.11. The minimum Gasteiger partial charge on any atom is -0.446 e. The second kappa shape index (κ2) is 7.82. The first-order chi connectivity index (χ1) is 11.3. The van der Waals surface area contributed by atoms with Crippen LogP contribution >= 0.6 is 0 Å². The summed E-state index contributed by atoms with van der Waals surface area (Å²) in [5, 5.41) is 3.05. The van der Waals surface area contributed by atoms with Crippen molar-refractivity contribution >= 4 is 6.09 Å². The van der Waals surface area contributed by atoms with E-state index in [0.717, 1.165) is 37.7 Å². The Morgan fingerprint density at radius 3 is 2.26 bits per heavy atom. The number of ether oxygens (including phenoxy) is 1. The molecule has 1 saturated carbocycles. The Hall–Kier alpha value is -2.29. The first-order valence-corrected chi connectivity index (χ1v) is 8.37. The van der Waals surface area contributed by atoms with Crippen LogP contribution in [0.1, 0.15) is 42.9 Å². The van der Waals surface area contributed by atoms with Gasteiger partial charge in [-0.05, 0) is 43.2 Å². The molecular weight excluding hydrogens is 286 g/mol. The molecule has 1 amide bonds. The van der Waals surface area contributed by atoms with Gasteiger partial charge < -0.3 is 10.1 Å². The maximum absolute atomic E-state index is 12.2. The predicted molar refractivity (Wildman–Crippen MR) is 91.2 cm³/mol. The van der Waals surface area contributed by atoms with E-state index in [9.17, 15) is 4.79 Å². The van der Waals surface area contributed by atoms with Crippen LogP contribution in [0.2, 0.25) is 0 Å². The van der Waals surface area contributed by atoms with Gasteiger partial charge >= 0.3 is 6.09 Å². The SMILES string of the molecule is O=C(NC(Cc1ccccc1)c1ccccc1)OC1CCCC1. The number of hydrogen-bond acceptors (Lipinski definition) is 2. The summed E-state index contributed by atoms with van der Waals surface area (Å²) in [5.41, 5.74) is 2.29. The maximum atomic E-state index is 12.2. The predicted octanol–water partition coefficient (Wildman–Crippen LogP) is 4.64. The zero-order chi connectivity index (χ0) is 15.9. The molecule has 0 radical (unpaired) electrons. The quantitative estimate of drug-likeness (QED) is 0.874. The van der Waals surface area contributed by atoms with Crippen molar-refractivity contribution < 1.29 is 9.53 Å². The van der Waals surface area contributed by atoms with Crippen LogP contribution in [-0.4, -0.2) is 12.2 Å². The molecule has 1 N–H and O–H groups in total. The van der Waals surface area contributed by atoms with Crippen molar-refractivity contribution in [2.24, 2.45) is 0 Å². The summed E-state index contributed by atoms with van der Waals surface area (Å²) in [5.74, 6) is 0. The molecule has 3 rings (SSSR count). The van der Waals surface area contributed by atoms with E-state index in [-0.39, 0.29) is 18.2 Å². The second-order valence-corrected chi connectivity index (χ2v) is 6.11. The molecule has 0 aromatic heterocycles. The minimum absolute atomic E-state index is 0.0764. The highest BCUT2D eigenvalue weighted by Gasteiger charge is 2.21. The summed E-state index contributed by atoms with van der Waals surface area (Å²) < 4.78 is 5.55. The fraction of sp³-hybridized carbons (Fsp3) is 0.350. The molecule has 0 aliphatic heterocycles. The van der Waals surface area contributed by atoms with Gasteiger partial charge in [0.1, 0.15) is 6.10 Å². The van der Waals surface area contributed by atoms with Gasteiger partial charge in [-0.2, -0.15) is 0 Å². The van der Waals surface area contributed by atoms with Crippen LogP contribution in [-0.2, 0) is 11.2 Å². The third kappa shape index (κ3) is 4.59. The number of rotatable bonds is 5. The van der Waals surface area contributed by atoms with Gasteiger partial charge in [-0.15, -0.1) is 0 Å². The summed E-state index contributed by atoms with van der Waals surface area (Å²) in [6.07, 6.45) is 4.83. The number of carbonyl (C=O) groups excluding carboxylic acids is 1. The van der Waals surface area contributed by atoms with E-state index >= 15 is 0 Å². The Kier molecular flexibility index (Phi) is 5.30. The highest BCUT2D eigenvalue weighted by atomic mass is 16.6. The lowest BCUT2D eigenvalue weighted by Crippen LogP contribution is -2.32. The van der Waals surface area contributed by atoms with E-state index in [2.05, 4.69) is 17.4 Å². The number of alkyl carbamates (subject to hydrolysis) is 1. The zero-order valence-electron chi connectivity index (χ0n) is 13.3. The van der Waals surface area contributed by atoms with Gasteiger partial charge in [-0.25, -0.2) is 4.79 Å². The van der Waals surface area contributed by atoms with E-state index < -0.39 is 0 Å². The first-order valence-electron chi connectivity index (χ1n) is 8.37. The molecule has 120 valence electrons. The number of benzene rings is 2. The van der Waals surface area contributed by atoms with Crippen LogP contribution < -0.4 is 5.32 Å². The summed E-state index contributed by atoms with van der Waals surface area (Å²) >= 11 is 0. The number of carbonyl (C=O) groups is 1. The van der Waals surface area contributed by atoms with Gasteiger partial charge in [-0.3, -0.25) is 0 Å². The molecule has 2 aromatic rings. The van der Waals surface area contributed by atoms with Crippen molar-refractivity contribution in [3.8, 4) is 0 Å². The van der Waals surface area contributed by atoms with Crippen molar-refractivity contribution in [1.29, 1.82) is 0 Å². The van der Waals surface area contributed by atoms with Gasteiger partial charge in [0.05, 0.1) is 6.04 Å². The van der Waals surface area contributed by atoms with Crippen LogP contribution in [0.15, 0.2) is 60.7 Å². The monoisotopic (exact) mass is 309 g/mol. The van der Waals surface area contributed by atoms with Crippen molar-refractivity contribution in [3.63, 3.8) is 0 Å². The van der Waals surface area contributed by atoms with E-state index in [1.54, 1.807) is 0 Å². The fourth-order valence-electron chi connectivity index (χ4n) is 3.12. The Morgan fingerprint density at radius 2 is 1.61 bits per heavy atom. The van der Waals surface area contributed by atoms with Crippen LogP contribution in [0.3, 0.4) is 0 Å². The number of hydrogen-bond donors (Lipinski definition) is 1. The average molecular weight is 309 g/mol. The highest BCUT2D eigenvalue weighted by Crippen LogP contribution is 2.22. The summed E-state index contributed by atoms with van der Waals surface area (Å²) in [6.45, 7) is 0. The topological polar surface area (TPSA) is 38.3 Å². The normalized spacial score (nSPS) is 16.0. The molecule has 1 fully saturated rings. The molecule has 0 spiro atoms. The third-order valence-electron chi connectivity index (χ3n) is 4.35. The Bertz CT molecular complexity index is 606. The van der Waals surface area contributed by atoms with Gasteiger partial charge in [0.15, 0.2) is 0 Å². The fourth-order valence-corrected chi connectivity index (χ4v) is 3.12. The smallest absolute Gasteiger partial charge is 0.407 e. The molecule has 1 atom stereocenters. The van der Waals surface area contributed by atoms with Crippen molar-refractivity contribution in [2.45, 2.75) is 44.2 Å². The number of nitrogens with one attached hydrogen (secondary N) is 1. The molecule has 0 bridgehead atoms. The lowest BCUT2D eigenvalue weighted by Gasteiger charge is -2.21.